The van der Waals surface area contributed by atoms with Gasteiger partial charge in [0.05, 0.1) is 29.4 Å². The molecular formula is C27H25F2N3O4. The topological polar surface area (TPSA) is 77.7 Å². The SMILES string of the molecule is COc1cc(CN(C(=O)c2cc(-c3ccc(C)cc3)nc3onc(C)c23)C2CC2)ccc1OC(F)F. The van der Waals surface area contributed by atoms with Gasteiger partial charge in [0.25, 0.3) is 11.6 Å². The lowest BCUT2D eigenvalue weighted by Gasteiger charge is -2.24. The molecule has 0 saturated heterocycles. The standard InChI is InChI=1S/C27H25F2N3O4/c1-15-4-7-18(8-5-15)21-13-20(24-16(2)31-36-25(24)30-21)26(33)32(19-9-10-19)14-17-6-11-22(35-27(28)29)23(12-17)34-3/h4-8,11-13,19,27H,9-10,14H2,1-3H3. The number of hydrogen-bond acceptors (Lipinski definition) is 6. The van der Waals surface area contributed by atoms with Crippen molar-refractivity contribution in [3.8, 4) is 22.8 Å². The van der Waals surface area contributed by atoms with Gasteiger partial charge in [0.1, 0.15) is 0 Å². The Morgan fingerprint density at radius 3 is 2.53 bits per heavy atom. The van der Waals surface area contributed by atoms with Crippen LogP contribution in [0.25, 0.3) is 22.4 Å². The minimum Gasteiger partial charge on any atom is -0.493 e. The number of benzene rings is 2. The monoisotopic (exact) mass is 493 g/mol. The molecule has 2 aromatic heterocycles. The summed E-state index contributed by atoms with van der Waals surface area (Å²) in [5.41, 5.74) is 4.69. The summed E-state index contributed by atoms with van der Waals surface area (Å²) in [6.45, 7) is 1.11. The summed E-state index contributed by atoms with van der Waals surface area (Å²) in [6.07, 6.45) is 1.77. The van der Waals surface area contributed by atoms with Gasteiger partial charge in [-0.2, -0.15) is 8.78 Å². The van der Waals surface area contributed by atoms with E-state index >= 15 is 0 Å². The van der Waals surface area contributed by atoms with Crippen LogP contribution in [0.3, 0.4) is 0 Å². The molecule has 186 valence electrons. The predicted molar refractivity (Wildman–Crippen MR) is 129 cm³/mol. The van der Waals surface area contributed by atoms with Crippen molar-refractivity contribution in [3.63, 3.8) is 0 Å². The van der Waals surface area contributed by atoms with Crippen LogP contribution in [0.2, 0.25) is 0 Å². The van der Waals surface area contributed by atoms with Crippen molar-refractivity contribution in [2.45, 2.75) is 45.9 Å². The number of rotatable bonds is 8. The quantitative estimate of drug-likeness (QED) is 0.303. The molecule has 36 heavy (non-hydrogen) atoms. The van der Waals surface area contributed by atoms with Crippen molar-refractivity contribution in [1.29, 1.82) is 0 Å². The molecule has 7 nitrogen and oxygen atoms in total. The number of ether oxygens (including phenoxy) is 2. The van der Waals surface area contributed by atoms with E-state index in [4.69, 9.17) is 9.26 Å². The van der Waals surface area contributed by atoms with Gasteiger partial charge in [-0.05, 0) is 50.5 Å². The number of fused-ring (bicyclic) bond motifs is 1. The Morgan fingerprint density at radius 1 is 1.11 bits per heavy atom. The molecule has 4 aromatic rings. The first-order valence-corrected chi connectivity index (χ1v) is 11.6. The zero-order chi connectivity index (χ0) is 25.4. The second kappa shape index (κ2) is 9.56. The molecule has 2 aromatic carbocycles. The van der Waals surface area contributed by atoms with E-state index in [1.165, 1.54) is 13.2 Å². The van der Waals surface area contributed by atoms with Gasteiger partial charge in [0.15, 0.2) is 11.5 Å². The van der Waals surface area contributed by atoms with E-state index in [1.807, 2.05) is 31.2 Å². The van der Waals surface area contributed by atoms with Crippen LogP contribution in [-0.4, -0.2) is 40.7 Å². The number of nitrogens with zero attached hydrogens (tertiary/aromatic N) is 3. The molecule has 9 heteroatoms. The third-order valence-electron chi connectivity index (χ3n) is 6.24. The molecule has 1 fully saturated rings. The number of carbonyl (C=O) groups is 1. The highest BCUT2D eigenvalue weighted by Gasteiger charge is 2.35. The third kappa shape index (κ3) is 4.73. The number of hydrogen-bond donors (Lipinski definition) is 0. The summed E-state index contributed by atoms with van der Waals surface area (Å²) in [5.74, 6) is -0.0468. The lowest BCUT2D eigenvalue weighted by molar-refractivity contribution is -0.0512. The molecule has 1 saturated carbocycles. The van der Waals surface area contributed by atoms with Crippen LogP contribution in [-0.2, 0) is 6.54 Å². The highest BCUT2D eigenvalue weighted by atomic mass is 19.3. The minimum atomic E-state index is -2.96. The Kier molecular flexibility index (Phi) is 6.30. The van der Waals surface area contributed by atoms with E-state index in [-0.39, 0.29) is 30.0 Å². The molecule has 5 rings (SSSR count). The third-order valence-corrected chi connectivity index (χ3v) is 6.24. The summed E-state index contributed by atoms with van der Waals surface area (Å²) < 4.78 is 40.6. The molecule has 0 atom stereocenters. The Labute approximate surface area is 206 Å². The van der Waals surface area contributed by atoms with E-state index in [1.54, 1.807) is 30.0 Å². The van der Waals surface area contributed by atoms with Crippen molar-refractivity contribution in [2.24, 2.45) is 0 Å². The van der Waals surface area contributed by atoms with E-state index in [0.717, 1.165) is 29.5 Å². The highest BCUT2D eigenvalue weighted by Crippen LogP contribution is 2.35. The molecule has 1 amide bonds. The van der Waals surface area contributed by atoms with Gasteiger partial charge in [-0.25, -0.2) is 4.98 Å². The van der Waals surface area contributed by atoms with Gasteiger partial charge in [-0.3, -0.25) is 4.79 Å². The van der Waals surface area contributed by atoms with E-state index < -0.39 is 6.61 Å². The van der Waals surface area contributed by atoms with Crippen molar-refractivity contribution in [3.05, 3.63) is 70.9 Å². The zero-order valence-electron chi connectivity index (χ0n) is 20.1. The highest BCUT2D eigenvalue weighted by molar-refractivity contribution is 6.07. The number of aryl methyl sites for hydroxylation is 2. The molecule has 1 aliphatic rings. The second-order valence-electron chi connectivity index (χ2n) is 8.90. The number of carbonyl (C=O) groups excluding carboxylic acids is 1. The first-order chi connectivity index (χ1) is 17.3. The summed E-state index contributed by atoms with van der Waals surface area (Å²) in [6, 6.07) is 14.4. The Morgan fingerprint density at radius 2 is 1.86 bits per heavy atom. The molecule has 0 unspecified atom stereocenters. The molecule has 0 spiro atoms. The number of alkyl halides is 2. The smallest absolute Gasteiger partial charge is 0.387 e. The minimum absolute atomic E-state index is 0.0563. The van der Waals surface area contributed by atoms with E-state index in [9.17, 15) is 13.6 Å². The van der Waals surface area contributed by atoms with Crippen molar-refractivity contribution < 1.29 is 27.6 Å². The van der Waals surface area contributed by atoms with Crippen LogP contribution in [0, 0.1) is 13.8 Å². The number of amides is 1. The van der Waals surface area contributed by atoms with E-state index in [2.05, 4.69) is 14.9 Å². The van der Waals surface area contributed by atoms with Crippen LogP contribution in [0.5, 0.6) is 11.5 Å². The summed E-state index contributed by atoms with van der Waals surface area (Å²) in [4.78, 5) is 20.4. The first-order valence-electron chi connectivity index (χ1n) is 11.6. The van der Waals surface area contributed by atoms with Crippen LogP contribution in [0.15, 0.2) is 53.1 Å². The molecule has 0 radical (unpaired) electrons. The van der Waals surface area contributed by atoms with Gasteiger partial charge in [0.2, 0.25) is 0 Å². The number of aromatic nitrogens is 2. The second-order valence-corrected chi connectivity index (χ2v) is 8.90. The fraction of sp³-hybridized carbons (Fsp3) is 0.296. The maximum atomic E-state index is 14.0. The first kappa shape index (κ1) is 23.7. The maximum Gasteiger partial charge on any atom is 0.387 e. The number of pyridine rings is 1. The normalized spacial score (nSPS) is 13.3. The fourth-order valence-electron chi connectivity index (χ4n) is 4.24. The van der Waals surface area contributed by atoms with Crippen molar-refractivity contribution in [2.75, 3.05) is 7.11 Å². The summed E-state index contributed by atoms with van der Waals surface area (Å²) in [5, 5.41) is 4.63. The lowest BCUT2D eigenvalue weighted by Crippen LogP contribution is -2.33. The number of halogens is 2. The molecule has 2 heterocycles. The zero-order valence-corrected chi connectivity index (χ0v) is 20.1. The van der Waals surface area contributed by atoms with Crippen LogP contribution in [0.4, 0.5) is 8.78 Å². The molecule has 1 aliphatic carbocycles. The molecular weight excluding hydrogens is 468 g/mol. The van der Waals surface area contributed by atoms with Gasteiger partial charge in [-0.1, -0.05) is 41.1 Å². The van der Waals surface area contributed by atoms with Gasteiger partial charge < -0.3 is 18.9 Å². The van der Waals surface area contributed by atoms with Crippen LogP contribution in [0.1, 0.15) is 40.0 Å². The lowest BCUT2D eigenvalue weighted by atomic mass is 10.0. The van der Waals surface area contributed by atoms with E-state index in [0.29, 0.717) is 28.1 Å². The average molecular weight is 494 g/mol. The predicted octanol–water partition coefficient (Wildman–Crippen LogP) is 5.92. The van der Waals surface area contributed by atoms with Crippen LogP contribution < -0.4 is 9.47 Å². The maximum absolute atomic E-state index is 14.0. The molecule has 0 bridgehead atoms. The largest absolute Gasteiger partial charge is 0.493 e. The van der Waals surface area contributed by atoms with Gasteiger partial charge in [-0.15, -0.1) is 0 Å². The number of methoxy groups -OCH3 is 1. The van der Waals surface area contributed by atoms with Crippen LogP contribution >= 0.6 is 0 Å². The van der Waals surface area contributed by atoms with Crippen molar-refractivity contribution in [1.82, 2.24) is 15.0 Å². The van der Waals surface area contributed by atoms with Gasteiger partial charge >= 0.3 is 6.61 Å². The van der Waals surface area contributed by atoms with Crippen molar-refractivity contribution >= 4 is 17.0 Å². The Bertz CT molecular complexity index is 1410. The molecule has 0 N–H and O–H groups in total. The summed E-state index contributed by atoms with van der Waals surface area (Å²) in [7, 11) is 1.39. The average Bonchev–Trinajstić information content (AvgIpc) is 3.64. The Balaban J connectivity index is 1.52. The molecule has 0 aliphatic heterocycles. The summed E-state index contributed by atoms with van der Waals surface area (Å²) >= 11 is 0. The fourth-order valence-corrected chi connectivity index (χ4v) is 4.24. The van der Waals surface area contributed by atoms with Gasteiger partial charge in [0, 0.05) is 18.2 Å². The Hall–Kier alpha value is -4.01.